The van der Waals surface area contributed by atoms with Crippen LogP contribution >= 0.6 is 11.3 Å². The number of carbonyl (C=O) groups excluding carboxylic acids is 1. The average molecular weight is 250 g/mol. The zero-order valence-corrected chi connectivity index (χ0v) is 10.3. The molecule has 0 fully saturated rings. The van der Waals surface area contributed by atoms with Crippen molar-refractivity contribution < 1.29 is 9.21 Å². The lowest BCUT2D eigenvalue weighted by Crippen LogP contribution is -2.34. The summed E-state index contributed by atoms with van der Waals surface area (Å²) in [7, 11) is 0. The third-order valence-electron chi connectivity index (χ3n) is 2.22. The number of nitrogens with one attached hydrogen (secondary N) is 2. The standard InChI is InChI=1S/C12H14N2O2S/c1-9-4-5-11(17-9)8-14-12(15)13-7-10-3-2-6-16-10/h2-6H,7-8H2,1H3,(H2,13,14,15). The molecule has 0 saturated heterocycles. The number of furan rings is 1. The Hall–Kier alpha value is -1.75. The van der Waals surface area contributed by atoms with E-state index in [1.165, 1.54) is 4.88 Å². The second-order valence-electron chi connectivity index (χ2n) is 3.63. The topological polar surface area (TPSA) is 54.3 Å². The fourth-order valence-corrected chi connectivity index (χ4v) is 2.22. The van der Waals surface area contributed by atoms with Crippen molar-refractivity contribution in [1.29, 1.82) is 0 Å². The van der Waals surface area contributed by atoms with Crippen LogP contribution in [0.4, 0.5) is 4.79 Å². The molecule has 0 aromatic carbocycles. The highest BCUT2D eigenvalue weighted by Gasteiger charge is 2.02. The van der Waals surface area contributed by atoms with Crippen LogP contribution in [0.1, 0.15) is 15.5 Å². The van der Waals surface area contributed by atoms with Crippen molar-refractivity contribution in [3.63, 3.8) is 0 Å². The van der Waals surface area contributed by atoms with Gasteiger partial charge in [-0.05, 0) is 31.2 Å². The van der Waals surface area contributed by atoms with E-state index in [1.807, 2.05) is 25.1 Å². The van der Waals surface area contributed by atoms with Crippen LogP contribution in [-0.4, -0.2) is 6.03 Å². The van der Waals surface area contributed by atoms with E-state index < -0.39 is 0 Å². The summed E-state index contributed by atoms with van der Waals surface area (Å²) >= 11 is 1.68. The second kappa shape index (κ2) is 5.54. The van der Waals surface area contributed by atoms with E-state index in [0.717, 1.165) is 10.6 Å². The number of aryl methyl sites for hydroxylation is 1. The average Bonchev–Trinajstić information content (AvgIpc) is 2.95. The summed E-state index contributed by atoms with van der Waals surface area (Å²) in [5, 5.41) is 5.52. The second-order valence-corrected chi connectivity index (χ2v) is 5.00. The van der Waals surface area contributed by atoms with Crippen molar-refractivity contribution >= 4 is 17.4 Å². The normalized spacial score (nSPS) is 10.2. The van der Waals surface area contributed by atoms with Crippen molar-refractivity contribution in [2.45, 2.75) is 20.0 Å². The monoisotopic (exact) mass is 250 g/mol. The van der Waals surface area contributed by atoms with E-state index in [1.54, 1.807) is 23.7 Å². The highest BCUT2D eigenvalue weighted by Crippen LogP contribution is 2.14. The Morgan fingerprint density at radius 1 is 1.29 bits per heavy atom. The van der Waals surface area contributed by atoms with Gasteiger partial charge < -0.3 is 15.1 Å². The Bertz CT molecular complexity index is 476. The number of carbonyl (C=O) groups is 1. The molecule has 0 atom stereocenters. The van der Waals surface area contributed by atoms with Crippen LogP contribution in [0.25, 0.3) is 0 Å². The summed E-state index contributed by atoms with van der Waals surface area (Å²) in [5.74, 6) is 0.743. The largest absolute Gasteiger partial charge is 0.467 e. The third-order valence-corrected chi connectivity index (χ3v) is 3.22. The number of urea groups is 1. The van der Waals surface area contributed by atoms with Crippen LogP contribution in [0.2, 0.25) is 0 Å². The number of amides is 2. The molecule has 2 aromatic rings. The van der Waals surface area contributed by atoms with Gasteiger partial charge in [-0.25, -0.2) is 4.79 Å². The Balaban J connectivity index is 1.71. The molecule has 5 heteroatoms. The number of thiophene rings is 1. The smallest absolute Gasteiger partial charge is 0.315 e. The summed E-state index contributed by atoms with van der Waals surface area (Å²) in [4.78, 5) is 13.9. The van der Waals surface area contributed by atoms with Crippen LogP contribution in [-0.2, 0) is 13.1 Å². The van der Waals surface area contributed by atoms with Crippen LogP contribution in [0.5, 0.6) is 0 Å². The SMILES string of the molecule is Cc1ccc(CNC(=O)NCc2ccco2)s1. The molecule has 90 valence electrons. The van der Waals surface area contributed by atoms with Crippen molar-refractivity contribution in [1.82, 2.24) is 10.6 Å². The molecule has 0 aliphatic carbocycles. The molecule has 0 saturated carbocycles. The molecule has 2 rings (SSSR count). The fraction of sp³-hybridized carbons (Fsp3) is 0.250. The lowest BCUT2D eigenvalue weighted by Gasteiger charge is -2.04. The molecule has 0 aliphatic rings. The minimum atomic E-state index is -0.188. The van der Waals surface area contributed by atoms with Gasteiger partial charge in [-0.2, -0.15) is 0 Å². The quantitative estimate of drug-likeness (QED) is 0.876. The molecule has 0 radical (unpaired) electrons. The molecule has 2 heterocycles. The molecule has 4 nitrogen and oxygen atoms in total. The summed E-state index contributed by atoms with van der Waals surface area (Å²) in [6.07, 6.45) is 1.59. The van der Waals surface area contributed by atoms with Gasteiger partial charge in [0.2, 0.25) is 0 Å². The molecule has 2 amide bonds. The Labute approximate surface area is 104 Å². The van der Waals surface area contributed by atoms with Crippen molar-refractivity contribution in [3.8, 4) is 0 Å². The van der Waals surface area contributed by atoms with E-state index in [-0.39, 0.29) is 6.03 Å². The molecule has 0 unspecified atom stereocenters. The van der Waals surface area contributed by atoms with Crippen molar-refractivity contribution in [2.24, 2.45) is 0 Å². The lowest BCUT2D eigenvalue weighted by atomic mass is 10.4. The van der Waals surface area contributed by atoms with E-state index in [4.69, 9.17) is 4.42 Å². The first-order valence-electron chi connectivity index (χ1n) is 5.33. The predicted molar refractivity (Wildman–Crippen MR) is 66.8 cm³/mol. The van der Waals surface area contributed by atoms with E-state index >= 15 is 0 Å². The lowest BCUT2D eigenvalue weighted by molar-refractivity contribution is 0.239. The number of hydrogen-bond acceptors (Lipinski definition) is 3. The molecule has 0 spiro atoms. The summed E-state index contributed by atoms with van der Waals surface area (Å²) in [6, 6.07) is 7.49. The summed E-state index contributed by atoms with van der Waals surface area (Å²) in [5.41, 5.74) is 0. The minimum Gasteiger partial charge on any atom is -0.467 e. The molecule has 0 bridgehead atoms. The highest BCUT2D eigenvalue weighted by molar-refractivity contribution is 7.11. The van der Waals surface area contributed by atoms with Gasteiger partial charge in [0.25, 0.3) is 0 Å². The van der Waals surface area contributed by atoms with Gasteiger partial charge in [0.05, 0.1) is 19.4 Å². The number of hydrogen-bond donors (Lipinski definition) is 2. The van der Waals surface area contributed by atoms with Crippen molar-refractivity contribution in [2.75, 3.05) is 0 Å². The fourth-order valence-electron chi connectivity index (χ4n) is 1.39. The first-order chi connectivity index (χ1) is 8.24. The first kappa shape index (κ1) is 11.7. The molecule has 0 aliphatic heterocycles. The molecular formula is C12H14N2O2S. The molecule has 2 N–H and O–H groups in total. The van der Waals surface area contributed by atoms with Gasteiger partial charge in [0, 0.05) is 9.75 Å². The van der Waals surface area contributed by atoms with Crippen LogP contribution in [0, 0.1) is 6.92 Å². The Morgan fingerprint density at radius 2 is 2.12 bits per heavy atom. The van der Waals surface area contributed by atoms with Gasteiger partial charge in [0.1, 0.15) is 5.76 Å². The Morgan fingerprint density at radius 3 is 2.76 bits per heavy atom. The number of rotatable bonds is 4. The molecule has 17 heavy (non-hydrogen) atoms. The van der Waals surface area contributed by atoms with E-state index in [0.29, 0.717) is 13.1 Å². The molecular weight excluding hydrogens is 236 g/mol. The minimum absolute atomic E-state index is 0.188. The summed E-state index contributed by atoms with van der Waals surface area (Å²) < 4.78 is 5.11. The zero-order chi connectivity index (χ0) is 12.1. The van der Waals surface area contributed by atoms with E-state index in [2.05, 4.69) is 10.6 Å². The van der Waals surface area contributed by atoms with Gasteiger partial charge in [-0.1, -0.05) is 0 Å². The van der Waals surface area contributed by atoms with Crippen LogP contribution in [0.15, 0.2) is 34.9 Å². The zero-order valence-electron chi connectivity index (χ0n) is 9.53. The Kier molecular flexibility index (Phi) is 3.82. The maximum absolute atomic E-state index is 11.5. The van der Waals surface area contributed by atoms with Crippen LogP contribution in [0.3, 0.4) is 0 Å². The predicted octanol–water partition coefficient (Wildman–Crippen LogP) is 2.65. The maximum Gasteiger partial charge on any atom is 0.315 e. The van der Waals surface area contributed by atoms with Crippen molar-refractivity contribution in [3.05, 3.63) is 46.0 Å². The third kappa shape index (κ3) is 3.64. The van der Waals surface area contributed by atoms with Gasteiger partial charge in [-0.15, -0.1) is 11.3 Å². The summed E-state index contributed by atoms with van der Waals surface area (Å²) in [6.45, 7) is 3.01. The van der Waals surface area contributed by atoms with Gasteiger partial charge >= 0.3 is 6.03 Å². The first-order valence-corrected chi connectivity index (χ1v) is 6.15. The highest BCUT2D eigenvalue weighted by atomic mass is 32.1. The van der Waals surface area contributed by atoms with Crippen LogP contribution < -0.4 is 10.6 Å². The van der Waals surface area contributed by atoms with Gasteiger partial charge in [-0.3, -0.25) is 0 Å². The molecule has 2 aromatic heterocycles. The van der Waals surface area contributed by atoms with E-state index in [9.17, 15) is 4.79 Å². The maximum atomic E-state index is 11.5. The van der Waals surface area contributed by atoms with Gasteiger partial charge in [0.15, 0.2) is 0 Å².